The Labute approximate surface area is 169 Å². The monoisotopic (exact) mass is 412 g/mol. The molecule has 0 aliphatic carbocycles. The van der Waals surface area contributed by atoms with Gasteiger partial charge in [0.15, 0.2) is 0 Å². The predicted molar refractivity (Wildman–Crippen MR) is 108 cm³/mol. The van der Waals surface area contributed by atoms with Gasteiger partial charge >= 0.3 is 0 Å². The Balaban J connectivity index is 1.41. The number of nitrogens with one attached hydrogen (secondary N) is 1. The van der Waals surface area contributed by atoms with Gasteiger partial charge in [0.2, 0.25) is 10.0 Å². The molecule has 0 saturated carbocycles. The van der Waals surface area contributed by atoms with Crippen LogP contribution in [0.3, 0.4) is 0 Å². The van der Waals surface area contributed by atoms with Crippen LogP contribution in [0, 0.1) is 17.1 Å². The second-order valence-corrected chi connectivity index (χ2v) is 9.08. The molecule has 29 heavy (non-hydrogen) atoms. The smallest absolute Gasteiger partial charge is 0.243 e. The van der Waals surface area contributed by atoms with Gasteiger partial charge in [-0.25, -0.2) is 12.8 Å². The number of piperazine rings is 1. The fourth-order valence-corrected chi connectivity index (χ4v) is 5.08. The van der Waals surface area contributed by atoms with Crippen molar-refractivity contribution in [3.8, 4) is 6.07 Å². The lowest BCUT2D eigenvalue weighted by Crippen LogP contribution is -2.48. The molecule has 8 heteroatoms. The summed E-state index contributed by atoms with van der Waals surface area (Å²) in [6.07, 6.45) is 2.38. The first kappa shape index (κ1) is 19.6. The molecule has 0 spiro atoms. The van der Waals surface area contributed by atoms with Gasteiger partial charge in [-0.15, -0.1) is 0 Å². The van der Waals surface area contributed by atoms with Gasteiger partial charge in [0.1, 0.15) is 11.9 Å². The van der Waals surface area contributed by atoms with E-state index in [0.717, 1.165) is 24.0 Å². The third-order valence-electron chi connectivity index (χ3n) is 5.37. The van der Waals surface area contributed by atoms with E-state index < -0.39 is 10.0 Å². The lowest BCUT2D eigenvalue weighted by molar-refractivity contribution is 0.190. The first-order valence-corrected chi connectivity index (χ1v) is 10.9. The minimum Gasteiger partial charge on any atom is -0.360 e. The summed E-state index contributed by atoms with van der Waals surface area (Å²) in [7, 11) is -3.61. The van der Waals surface area contributed by atoms with Crippen LogP contribution in [0.5, 0.6) is 0 Å². The molecule has 0 unspecified atom stereocenters. The van der Waals surface area contributed by atoms with Crippen molar-refractivity contribution in [1.29, 1.82) is 5.26 Å². The molecule has 2 aromatic carbocycles. The maximum atomic E-state index is 13.0. The number of hydrogen-bond donors (Lipinski definition) is 1. The van der Waals surface area contributed by atoms with E-state index in [-0.39, 0.29) is 10.7 Å². The standard InChI is InChI=1S/C21H21FN4O2S/c22-18-3-1-16(2-4-18)7-8-25-9-11-26(12-10-25)29(27,28)19-5-6-21-20(13-19)17(14-23)15-24-21/h1-6,13,15,24H,7-12H2. The number of nitrogens with zero attached hydrogens (tertiary/aromatic N) is 3. The maximum Gasteiger partial charge on any atom is 0.243 e. The van der Waals surface area contributed by atoms with Crippen LogP contribution in [0.15, 0.2) is 53.6 Å². The molecule has 1 saturated heterocycles. The van der Waals surface area contributed by atoms with Crippen LogP contribution in [0.4, 0.5) is 4.39 Å². The fourth-order valence-electron chi connectivity index (χ4n) is 3.63. The third kappa shape index (κ3) is 4.03. The highest BCUT2D eigenvalue weighted by molar-refractivity contribution is 7.89. The van der Waals surface area contributed by atoms with Crippen LogP contribution in [0.25, 0.3) is 10.9 Å². The van der Waals surface area contributed by atoms with Gasteiger partial charge in [0.05, 0.1) is 10.5 Å². The highest BCUT2D eigenvalue weighted by Crippen LogP contribution is 2.24. The number of nitriles is 1. The summed E-state index contributed by atoms with van der Waals surface area (Å²) in [4.78, 5) is 5.41. The lowest BCUT2D eigenvalue weighted by atomic mass is 10.1. The van der Waals surface area contributed by atoms with Crippen molar-refractivity contribution in [2.75, 3.05) is 32.7 Å². The number of sulfonamides is 1. The van der Waals surface area contributed by atoms with Crippen molar-refractivity contribution in [2.45, 2.75) is 11.3 Å². The van der Waals surface area contributed by atoms with Gasteiger partial charge in [-0.05, 0) is 42.3 Å². The highest BCUT2D eigenvalue weighted by Gasteiger charge is 2.28. The summed E-state index contributed by atoms with van der Waals surface area (Å²) in [5, 5.41) is 9.81. The van der Waals surface area contributed by atoms with Gasteiger partial charge in [-0.3, -0.25) is 0 Å². The van der Waals surface area contributed by atoms with E-state index in [9.17, 15) is 18.1 Å². The zero-order valence-corrected chi connectivity index (χ0v) is 16.6. The summed E-state index contributed by atoms with van der Waals surface area (Å²) in [6.45, 7) is 2.94. The molecule has 1 N–H and O–H groups in total. The Morgan fingerprint density at radius 2 is 1.79 bits per heavy atom. The first-order valence-electron chi connectivity index (χ1n) is 9.45. The second kappa shape index (κ2) is 7.95. The summed E-state index contributed by atoms with van der Waals surface area (Å²) < 4.78 is 40.6. The number of fused-ring (bicyclic) bond motifs is 1. The lowest BCUT2D eigenvalue weighted by Gasteiger charge is -2.34. The van der Waals surface area contributed by atoms with E-state index in [0.29, 0.717) is 37.1 Å². The fraction of sp³-hybridized carbons (Fsp3) is 0.286. The Hall–Kier alpha value is -2.73. The number of hydrogen-bond acceptors (Lipinski definition) is 4. The zero-order chi connectivity index (χ0) is 20.4. The van der Waals surface area contributed by atoms with Gasteiger partial charge < -0.3 is 9.88 Å². The van der Waals surface area contributed by atoms with Gasteiger partial charge in [0.25, 0.3) is 0 Å². The number of aromatic nitrogens is 1. The molecule has 150 valence electrons. The minimum absolute atomic E-state index is 0.209. The summed E-state index contributed by atoms with van der Waals surface area (Å²) in [5.41, 5.74) is 2.24. The third-order valence-corrected chi connectivity index (χ3v) is 7.27. The molecule has 2 heterocycles. The molecular formula is C21H21FN4O2S. The number of halogens is 1. The minimum atomic E-state index is -3.61. The summed E-state index contributed by atoms with van der Waals surface area (Å²) in [5.74, 6) is -0.243. The van der Waals surface area contributed by atoms with Crippen LogP contribution in [-0.4, -0.2) is 55.3 Å². The number of benzene rings is 2. The topological polar surface area (TPSA) is 80.2 Å². The van der Waals surface area contributed by atoms with Crippen molar-refractivity contribution in [1.82, 2.24) is 14.2 Å². The predicted octanol–water partition coefficient (Wildman–Crippen LogP) is 2.73. The molecule has 4 rings (SSSR count). The van der Waals surface area contributed by atoms with Crippen molar-refractivity contribution in [3.63, 3.8) is 0 Å². The van der Waals surface area contributed by atoms with E-state index in [1.807, 2.05) is 0 Å². The Morgan fingerprint density at radius 1 is 1.07 bits per heavy atom. The molecule has 0 amide bonds. The van der Waals surface area contributed by atoms with Gasteiger partial charge in [-0.2, -0.15) is 9.57 Å². The first-order chi connectivity index (χ1) is 14.0. The largest absolute Gasteiger partial charge is 0.360 e. The van der Waals surface area contributed by atoms with E-state index >= 15 is 0 Å². The van der Waals surface area contributed by atoms with Crippen LogP contribution < -0.4 is 0 Å². The van der Waals surface area contributed by atoms with Crippen molar-refractivity contribution in [2.24, 2.45) is 0 Å². The highest BCUT2D eigenvalue weighted by atomic mass is 32.2. The van der Waals surface area contributed by atoms with Crippen LogP contribution in [0.2, 0.25) is 0 Å². The molecule has 1 aliphatic rings. The van der Waals surface area contributed by atoms with Gasteiger partial charge in [0, 0.05) is 49.8 Å². The van der Waals surface area contributed by atoms with Crippen molar-refractivity contribution in [3.05, 3.63) is 65.6 Å². The molecule has 1 fully saturated rings. The van der Waals surface area contributed by atoms with Crippen molar-refractivity contribution < 1.29 is 12.8 Å². The average Bonchev–Trinajstić information content (AvgIpc) is 3.16. The Morgan fingerprint density at radius 3 is 2.48 bits per heavy atom. The number of rotatable bonds is 5. The molecule has 1 aromatic heterocycles. The molecule has 1 aliphatic heterocycles. The van der Waals surface area contributed by atoms with E-state index in [1.165, 1.54) is 16.4 Å². The Kier molecular flexibility index (Phi) is 5.37. The van der Waals surface area contributed by atoms with E-state index in [1.54, 1.807) is 36.5 Å². The van der Waals surface area contributed by atoms with Crippen LogP contribution >= 0.6 is 0 Å². The second-order valence-electron chi connectivity index (χ2n) is 7.14. The van der Waals surface area contributed by atoms with Crippen LogP contribution in [0.1, 0.15) is 11.1 Å². The quantitative estimate of drug-likeness (QED) is 0.699. The average molecular weight is 412 g/mol. The molecule has 6 nitrogen and oxygen atoms in total. The molecule has 0 bridgehead atoms. The molecule has 0 radical (unpaired) electrons. The summed E-state index contributed by atoms with van der Waals surface area (Å²) in [6, 6.07) is 13.4. The summed E-state index contributed by atoms with van der Waals surface area (Å²) >= 11 is 0. The van der Waals surface area contributed by atoms with Crippen LogP contribution in [-0.2, 0) is 16.4 Å². The SMILES string of the molecule is N#Cc1c[nH]c2ccc(S(=O)(=O)N3CCN(CCc4ccc(F)cc4)CC3)cc12. The van der Waals surface area contributed by atoms with Gasteiger partial charge in [-0.1, -0.05) is 12.1 Å². The maximum absolute atomic E-state index is 13.0. The zero-order valence-electron chi connectivity index (χ0n) is 15.8. The molecule has 0 atom stereocenters. The number of aromatic amines is 1. The van der Waals surface area contributed by atoms with E-state index in [2.05, 4.69) is 16.0 Å². The normalized spacial score (nSPS) is 16.1. The molecule has 3 aromatic rings. The Bertz CT molecular complexity index is 1160. The van der Waals surface area contributed by atoms with E-state index in [4.69, 9.17) is 0 Å². The van der Waals surface area contributed by atoms with Crippen molar-refractivity contribution >= 4 is 20.9 Å². The molecular weight excluding hydrogens is 391 g/mol. The number of H-pyrrole nitrogens is 1.